The van der Waals surface area contributed by atoms with Crippen molar-refractivity contribution in [3.8, 4) is 0 Å². The molecule has 5 nitrogen and oxygen atoms in total. The van der Waals surface area contributed by atoms with Crippen LogP contribution in [0.2, 0.25) is 0 Å². The number of halogens is 1. The fourth-order valence-electron chi connectivity index (χ4n) is 3.29. The van der Waals surface area contributed by atoms with Crippen LogP contribution >= 0.6 is 0 Å². The highest BCUT2D eigenvalue weighted by molar-refractivity contribution is 5.94. The Morgan fingerprint density at radius 2 is 2.00 bits per heavy atom. The third-order valence-electron chi connectivity index (χ3n) is 4.81. The second-order valence-electron chi connectivity index (χ2n) is 6.97. The Bertz CT molecular complexity index is 756. The second-order valence-corrected chi connectivity index (χ2v) is 6.97. The summed E-state index contributed by atoms with van der Waals surface area (Å²) in [6, 6.07) is 7.72. The Morgan fingerprint density at radius 1 is 1.27 bits per heavy atom. The Labute approximate surface area is 152 Å². The van der Waals surface area contributed by atoms with Crippen LogP contribution in [-0.4, -0.2) is 40.7 Å². The molecule has 26 heavy (non-hydrogen) atoms. The van der Waals surface area contributed by atoms with Crippen LogP contribution in [0.1, 0.15) is 36.2 Å². The summed E-state index contributed by atoms with van der Waals surface area (Å²) in [5.41, 5.74) is 1.37. The van der Waals surface area contributed by atoms with Crippen molar-refractivity contribution in [3.05, 3.63) is 59.8 Å². The highest BCUT2D eigenvalue weighted by Crippen LogP contribution is 2.22. The molecule has 0 spiro atoms. The van der Waals surface area contributed by atoms with E-state index in [1.807, 2.05) is 18.7 Å². The molecule has 0 unspecified atom stereocenters. The monoisotopic (exact) mass is 358 g/mol. The SMILES string of the molecule is CC(C)[C@@H]1CN(C(=O)c2ccoc2)CCC(=O)N1Cc1ccc(F)cc1. The van der Waals surface area contributed by atoms with Gasteiger partial charge >= 0.3 is 0 Å². The van der Waals surface area contributed by atoms with Crippen LogP contribution in [0.4, 0.5) is 4.39 Å². The highest BCUT2D eigenvalue weighted by Gasteiger charge is 2.33. The van der Waals surface area contributed by atoms with Gasteiger partial charge in [-0.25, -0.2) is 4.39 Å². The molecule has 1 aromatic heterocycles. The van der Waals surface area contributed by atoms with Crippen molar-refractivity contribution in [1.82, 2.24) is 9.80 Å². The van der Waals surface area contributed by atoms with Gasteiger partial charge in [0, 0.05) is 26.1 Å². The number of rotatable bonds is 4. The average Bonchev–Trinajstić information content (AvgIpc) is 3.10. The van der Waals surface area contributed by atoms with E-state index in [9.17, 15) is 14.0 Å². The lowest BCUT2D eigenvalue weighted by Crippen LogP contribution is -2.47. The summed E-state index contributed by atoms with van der Waals surface area (Å²) in [4.78, 5) is 29.0. The third kappa shape index (κ3) is 3.95. The topological polar surface area (TPSA) is 53.8 Å². The van der Waals surface area contributed by atoms with E-state index in [0.717, 1.165) is 5.56 Å². The Balaban J connectivity index is 1.81. The van der Waals surface area contributed by atoms with Gasteiger partial charge in [-0.3, -0.25) is 9.59 Å². The molecule has 1 aliphatic heterocycles. The minimum Gasteiger partial charge on any atom is -0.472 e. The van der Waals surface area contributed by atoms with Crippen molar-refractivity contribution < 1.29 is 18.4 Å². The molecule has 1 aliphatic rings. The predicted molar refractivity (Wildman–Crippen MR) is 94.8 cm³/mol. The van der Waals surface area contributed by atoms with Crippen molar-refractivity contribution >= 4 is 11.8 Å². The van der Waals surface area contributed by atoms with Crippen molar-refractivity contribution in [2.24, 2.45) is 5.92 Å². The summed E-state index contributed by atoms with van der Waals surface area (Å²) in [6.07, 6.45) is 3.17. The van der Waals surface area contributed by atoms with E-state index in [1.54, 1.807) is 23.1 Å². The fraction of sp³-hybridized carbons (Fsp3) is 0.400. The molecule has 3 rings (SSSR count). The van der Waals surface area contributed by atoms with Gasteiger partial charge in [-0.15, -0.1) is 0 Å². The molecule has 2 heterocycles. The first-order valence-electron chi connectivity index (χ1n) is 8.81. The number of carbonyl (C=O) groups is 2. The van der Waals surface area contributed by atoms with Gasteiger partial charge in [0.1, 0.15) is 12.1 Å². The van der Waals surface area contributed by atoms with E-state index in [-0.39, 0.29) is 36.0 Å². The maximum atomic E-state index is 13.2. The van der Waals surface area contributed by atoms with Crippen LogP contribution in [0.25, 0.3) is 0 Å². The lowest BCUT2D eigenvalue weighted by atomic mass is 10.0. The Kier molecular flexibility index (Phi) is 5.40. The molecule has 0 bridgehead atoms. The van der Waals surface area contributed by atoms with E-state index in [2.05, 4.69) is 0 Å². The second kappa shape index (κ2) is 7.72. The summed E-state index contributed by atoms with van der Waals surface area (Å²) in [5.74, 6) is -0.235. The number of furan rings is 1. The quantitative estimate of drug-likeness (QED) is 0.842. The van der Waals surface area contributed by atoms with Gasteiger partial charge in [0.2, 0.25) is 5.91 Å². The molecule has 0 N–H and O–H groups in total. The molecule has 138 valence electrons. The van der Waals surface area contributed by atoms with Crippen molar-refractivity contribution in [3.63, 3.8) is 0 Å². The molecule has 0 radical (unpaired) electrons. The van der Waals surface area contributed by atoms with Crippen LogP contribution in [0.15, 0.2) is 47.3 Å². The van der Waals surface area contributed by atoms with E-state index in [1.165, 1.54) is 24.7 Å². The van der Waals surface area contributed by atoms with Crippen molar-refractivity contribution in [1.29, 1.82) is 0 Å². The normalized spacial score (nSPS) is 18.3. The van der Waals surface area contributed by atoms with Crippen LogP contribution in [0.5, 0.6) is 0 Å². The first-order chi connectivity index (χ1) is 12.5. The number of carbonyl (C=O) groups excluding carboxylic acids is 2. The summed E-state index contributed by atoms with van der Waals surface area (Å²) >= 11 is 0. The first-order valence-corrected chi connectivity index (χ1v) is 8.81. The number of nitrogens with zero attached hydrogens (tertiary/aromatic N) is 2. The van der Waals surface area contributed by atoms with Gasteiger partial charge < -0.3 is 14.2 Å². The molecule has 0 saturated carbocycles. The van der Waals surface area contributed by atoms with Gasteiger partial charge in [0.05, 0.1) is 17.9 Å². The van der Waals surface area contributed by atoms with Crippen LogP contribution in [-0.2, 0) is 11.3 Å². The molecule has 1 fully saturated rings. The maximum absolute atomic E-state index is 13.2. The summed E-state index contributed by atoms with van der Waals surface area (Å²) in [5, 5.41) is 0. The van der Waals surface area contributed by atoms with Crippen molar-refractivity contribution in [2.75, 3.05) is 13.1 Å². The first kappa shape index (κ1) is 18.2. The van der Waals surface area contributed by atoms with Gasteiger partial charge in [-0.1, -0.05) is 26.0 Å². The Morgan fingerprint density at radius 3 is 2.62 bits per heavy atom. The van der Waals surface area contributed by atoms with Gasteiger partial charge in [-0.2, -0.15) is 0 Å². The molecular formula is C20H23FN2O3. The molecule has 6 heteroatoms. The minimum absolute atomic E-state index is 0.00974. The molecular weight excluding hydrogens is 335 g/mol. The number of benzene rings is 1. The van der Waals surface area contributed by atoms with E-state index >= 15 is 0 Å². The van der Waals surface area contributed by atoms with Crippen LogP contribution < -0.4 is 0 Å². The van der Waals surface area contributed by atoms with E-state index in [4.69, 9.17) is 4.42 Å². The van der Waals surface area contributed by atoms with Crippen LogP contribution in [0.3, 0.4) is 0 Å². The molecule has 1 atom stereocenters. The zero-order chi connectivity index (χ0) is 18.7. The molecule has 1 saturated heterocycles. The zero-order valence-corrected chi connectivity index (χ0v) is 15.0. The summed E-state index contributed by atoms with van der Waals surface area (Å²) in [6.45, 7) is 5.35. The summed E-state index contributed by atoms with van der Waals surface area (Å²) < 4.78 is 18.2. The molecule has 1 aromatic carbocycles. The van der Waals surface area contributed by atoms with Crippen LogP contribution in [0, 0.1) is 11.7 Å². The number of hydrogen-bond acceptors (Lipinski definition) is 3. The van der Waals surface area contributed by atoms with Gasteiger partial charge in [0.25, 0.3) is 5.91 Å². The van der Waals surface area contributed by atoms with Crippen molar-refractivity contribution in [2.45, 2.75) is 32.9 Å². The van der Waals surface area contributed by atoms with Gasteiger partial charge in [-0.05, 0) is 29.7 Å². The third-order valence-corrected chi connectivity index (χ3v) is 4.81. The standard InChI is InChI=1S/C20H23FN2O3/c1-14(2)18-12-22(20(25)16-8-10-26-13-16)9-7-19(24)23(18)11-15-3-5-17(21)6-4-15/h3-6,8,10,13-14,18H,7,9,11-12H2,1-2H3/t18-/m0/s1. The average molecular weight is 358 g/mol. The minimum atomic E-state index is -0.298. The molecule has 2 aromatic rings. The lowest BCUT2D eigenvalue weighted by Gasteiger charge is -2.34. The smallest absolute Gasteiger partial charge is 0.257 e. The van der Waals surface area contributed by atoms with E-state index < -0.39 is 0 Å². The molecule has 2 amide bonds. The highest BCUT2D eigenvalue weighted by atomic mass is 19.1. The number of hydrogen-bond donors (Lipinski definition) is 0. The zero-order valence-electron chi connectivity index (χ0n) is 15.0. The largest absolute Gasteiger partial charge is 0.472 e. The van der Waals surface area contributed by atoms with E-state index in [0.29, 0.717) is 25.2 Å². The predicted octanol–water partition coefficient (Wildman–Crippen LogP) is 3.32. The van der Waals surface area contributed by atoms with Gasteiger partial charge in [0.15, 0.2) is 0 Å². The maximum Gasteiger partial charge on any atom is 0.257 e. The Hall–Kier alpha value is -2.63. The summed E-state index contributed by atoms with van der Waals surface area (Å²) in [7, 11) is 0. The fourth-order valence-corrected chi connectivity index (χ4v) is 3.29. The number of amides is 2. The molecule has 0 aliphatic carbocycles. The lowest BCUT2D eigenvalue weighted by molar-refractivity contribution is -0.134.